The van der Waals surface area contributed by atoms with E-state index in [9.17, 15) is 19.2 Å². The molecule has 0 spiro atoms. The second kappa shape index (κ2) is 9.87. The first-order valence-electron chi connectivity index (χ1n) is 9.59. The van der Waals surface area contributed by atoms with Gasteiger partial charge in [0.05, 0.1) is 17.9 Å². The summed E-state index contributed by atoms with van der Waals surface area (Å²) >= 11 is 0. The van der Waals surface area contributed by atoms with E-state index in [0.29, 0.717) is 22.4 Å². The summed E-state index contributed by atoms with van der Waals surface area (Å²) in [5, 5.41) is 2.55. The Morgan fingerprint density at radius 2 is 1.80 bits per heavy atom. The number of aryl methyl sites for hydroxylation is 2. The minimum atomic E-state index is -0.938. The summed E-state index contributed by atoms with van der Waals surface area (Å²) < 4.78 is 10.1. The molecule has 0 aliphatic rings. The number of hydrogen-bond acceptors (Lipinski definition) is 6. The fourth-order valence-corrected chi connectivity index (χ4v) is 3.00. The largest absolute Gasteiger partial charge is 0.462 e. The van der Waals surface area contributed by atoms with Gasteiger partial charge in [0.2, 0.25) is 5.78 Å². The third-order valence-corrected chi connectivity index (χ3v) is 4.52. The van der Waals surface area contributed by atoms with E-state index >= 15 is 0 Å². The Bertz CT molecular complexity index is 976. The molecule has 160 valence electrons. The monoisotopic (exact) mass is 414 g/mol. The van der Waals surface area contributed by atoms with Gasteiger partial charge >= 0.3 is 11.9 Å². The van der Waals surface area contributed by atoms with Crippen LogP contribution in [0.15, 0.2) is 24.3 Å². The first-order valence-corrected chi connectivity index (χ1v) is 9.59. The van der Waals surface area contributed by atoms with Crippen LogP contribution in [0.1, 0.15) is 61.9 Å². The van der Waals surface area contributed by atoms with E-state index in [0.717, 1.165) is 5.56 Å². The van der Waals surface area contributed by atoms with Gasteiger partial charge < -0.3 is 19.8 Å². The van der Waals surface area contributed by atoms with Gasteiger partial charge in [-0.05, 0) is 52.3 Å². The van der Waals surface area contributed by atoms with Crippen molar-refractivity contribution >= 4 is 23.6 Å². The lowest BCUT2D eigenvalue weighted by Gasteiger charge is -2.13. The summed E-state index contributed by atoms with van der Waals surface area (Å²) in [6.07, 6.45) is 0. The van der Waals surface area contributed by atoms with E-state index in [4.69, 9.17) is 9.47 Å². The van der Waals surface area contributed by atoms with Crippen LogP contribution in [0.2, 0.25) is 0 Å². The van der Waals surface area contributed by atoms with Crippen molar-refractivity contribution in [1.29, 1.82) is 0 Å². The lowest BCUT2D eigenvalue weighted by molar-refractivity contribution is -0.144. The van der Waals surface area contributed by atoms with Crippen molar-refractivity contribution in [3.8, 4) is 0 Å². The summed E-state index contributed by atoms with van der Waals surface area (Å²) in [6.45, 7) is 8.00. The minimum Gasteiger partial charge on any atom is -0.462 e. The Balaban J connectivity index is 1.97. The number of ether oxygens (including phenoxy) is 2. The van der Waals surface area contributed by atoms with E-state index in [1.807, 2.05) is 13.0 Å². The molecule has 2 rings (SSSR count). The summed E-state index contributed by atoms with van der Waals surface area (Å²) in [7, 11) is 0. The molecule has 1 atom stereocenters. The summed E-state index contributed by atoms with van der Waals surface area (Å²) in [5.74, 6) is -2.16. The van der Waals surface area contributed by atoms with Gasteiger partial charge in [-0.15, -0.1) is 0 Å². The molecular formula is C22H26N2O6. The number of rotatable bonds is 8. The molecule has 0 fully saturated rings. The average molecular weight is 414 g/mol. The third kappa shape index (κ3) is 5.34. The van der Waals surface area contributed by atoms with Gasteiger partial charge in [-0.25, -0.2) is 9.59 Å². The fourth-order valence-electron chi connectivity index (χ4n) is 3.00. The van der Waals surface area contributed by atoms with Crippen LogP contribution >= 0.6 is 0 Å². The highest BCUT2D eigenvalue weighted by atomic mass is 16.5. The smallest absolute Gasteiger partial charge is 0.340 e. The van der Waals surface area contributed by atoms with Crippen LogP contribution < -0.4 is 5.32 Å². The van der Waals surface area contributed by atoms with Gasteiger partial charge in [-0.3, -0.25) is 9.59 Å². The first-order chi connectivity index (χ1) is 14.1. The van der Waals surface area contributed by atoms with Gasteiger partial charge in [0.25, 0.3) is 5.91 Å². The summed E-state index contributed by atoms with van der Waals surface area (Å²) in [6, 6.07) is 6.01. The molecule has 0 unspecified atom stereocenters. The van der Waals surface area contributed by atoms with Crippen molar-refractivity contribution in [2.24, 2.45) is 0 Å². The number of H-pyrrole nitrogens is 1. The Labute approximate surface area is 175 Å². The van der Waals surface area contributed by atoms with Gasteiger partial charge in [-0.2, -0.15) is 0 Å². The molecule has 8 nitrogen and oxygen atoms in total. The van der Waals surface area contributed by atoms with Crippen LogP contribution in [-0.2, 0) is 14.3 Å². The van der Waals surface area contributed by atoms with Crippen molar-refractivity contribution in [1.82, 2.24) is 10.3 Å². The van der Waals surface area contributed by atoms with Gasteiger partial charge in [-0.1, -0.05) is 17.7 Å². The summed E-state index contributed by atoms with van der Waals surface area (Å²) in [5.41, 5.74) is 2.76. The molecule has 1 aromatic heterocycles. The predicted octanol–water partition coefficient (Wildman–Crippen LogP) is 2.66. The lowest BCUT2D eigenvalue weighted by atomic mass is 10.1. The number of Topliss-reactive ketones (excluding diaryl/α,β-unsaturated/α-hetero) is 1. The van der Waals surface area contributed by atoms with Crippen LogP contribution in [0.3, 0.4) is 0 Å². The molecule has 0 bridgehead atoms. The van der Waals surface area contributed by atoms with E-state index in [-0.39, 0.29) is 12.3 Å². The molecule has 1 amide bonds. The normalized spacial score (nSPS) is 11.5. The van der Waals surface area contributed by atoms with Gasteiger partial charge in [0.15, 0.2) is 6.61 Å². The molecule has 8 heteroatoms. The van der Waals surface area contributed by atoms with Crippen molar-refractivity contribution in [2.75, 3.05) is 13.2 Å². The Morgan fingerprint density at radius 3 is 2.43 bits per heavy atom. The van der Waals surface area contributed by atoms with E-state index in [2.05, 4.69) is 10.3 Å². The number of aromatic amines is 1. The van der Waals surface area contributed by atoms with Crippen molar-refractivity contribution in [2.45, 2.75) is 40.7 Å². The van der Waals surface area contributed by atoms with Crippen LogP contribution in [0.5, 0.6) is 0 Å². The van der Waals surface area contributed by atoms with E-state index in [1.165, 1.54) is 6.92 Å². The SMILES string of the molecule is CCOC(=O)c1c(C)[nH]c(C(=O)COC(=O)[C@H](C)NC(=O)c2cccc(C)c2)c1C. The third-order valence-electron chi connectivity index (χ3n) is 4.52. The zero-order chi connectivity index (χ0) is 22.4. The number of carbonyl (C=O) groups is 4. The van der Waals surface area contributed by atoms with Gasteiger partial charge in [0.1, 0.15) is 6.04 Å². The van der Waals surface area contributed by atoms with Crippen LogP contribution in [0, 0.1) is 20.8 Å². The number of benzene rings is 1. The molecule has 0 saturated carbocycles. The molecule has 0 aliphatic heterocycles. The van der Waals surface area contributed by atoms with Crippen LogP contribution in [-0.4, -0.2) is 47.9 Å². The Morgan fingerprint density at radius 1 is 1.10 bits per heavy atom. The Hall–Kier alpha value is -3.42. The average Bonchev–Trinajstić information content (AvgIpc) is 3.00. The zero-order valence-corrected chi connectivity index (χ0v) is 17.8. The number of esters is 2. The predicted molar refractivity (Wildman–Crippen MR) is 110 cm³/mol. The number of hydrogen-bond donors (Lipinski definition) is 2. The standard InChI is InChI=1S/C22H26N2O6/c1-6-29-22(28)18-13(3)19(23-14(18)4)17(25)11-30-21(27)15(5)24-20(26)16-9-7-8-12(2)10-16/h7-10,15,23H,6,11H2,1-5H3,(H,24,26)/t15-/m0/s1. The van der Waals surface area contributed by atoms with E-state index in [1.54, 1.807) is 39.0 Å². The van der Waals surface area contributed by atoms with Crippen molar-refractivity contribution < 1.29 is 28.7 Å². The maximum absolute atomic E-state index is 12.5. The minimum absolute atomic E-state index is 0.180. The number of nitrogens with one attached hydrogen (secondary N) is 2. The number of aromatic nitrogens is 1. The highest BCUT2D eigenvalue weighted by Gasteiger charge is 2.24. The van der Waals surface area contributed by atoms with Crippen molar-refractivity contribution in [3.63, 3.8) is 0 Å². The summed E-state index contributed by atoms with van der Waals surface area (Å²) in [4.78, 5) is 51.8. The van der Waals surface area contributed by atoms with Crippen LogP contribution in [0.25, 0.3) is 0 Å². The second-order valence-corrected chi connectivity index (χ2v) is 6.94. The quantitative estimate of drug-likeness (QED) is 0.507. The molecular weight excluding hydrogens is 388 g/mol. The molecule has 0 aliphatic carbocycles. The molecule has 1 aromatic carbocycles. The zero-order valence-electron chi connectivity index (χ0n) is 17.8. The Kier molecular flexibility index (Phi) is 7.52. The highest BCUT2D eigenvalue weighted by Crippen LogP contribution is 2.19. The topological polar surface area (TPSA) is 115 Å². The van der Waals surface area contributed by atoms with Gasteiger partial charge in [0, 0.05) is 11.3 Å². The molecule has 30 heavy (non-hydrogen) atoms. The van der Waals surface area contributed by atoms with E-state index < -0.39 is 36.3 Å². The maximum atomic E-state index is 12.5. The number of ketones is 1. The molecule has 0 radical (unpaired) electrons. The molecule has 1 heterocycles. The lowest BCUT2D eigenvalue weighted by Crippen LogP contribution is -2.40. The molecule has 2 N–H and O–H groups in total. The fraction of sp³-hybridized carbons (Fsp3) is 0.364. The first kappa shape index (κ1) is 22.9. The molecule has 2 aromatic rings. The number of amides is 1. The second-order valence-electron chi connectivity index (χ2n) is 6.94. The molecule has 0 saturated heterocycles. The number of carbonyl (C=O) groups excluding carboxylic acids is 4. The van der Waals surface area contributed by atoms with Crippen molar-refractivity contribution in [3.05, 3.63) is 57.9 Å². The van der Waals surface area contributed by atoms with Crippen LogP contribution in [0.4, 0.5) is 0 Å². The highest BCUT2D eigenvalue weighted by molar-refractivity contribution is 6.03. The maximum Gasteiger partial charge on any atom is 0.340 e.